The predicted molar refractivity (Wildman–Crippen MR) is 61.7 cm³/mol. The van der Waals surface area contributed by atoms with Crippen LogP contribution in [0.15, 0.2) is 0 Å². The van der Waals surface area contributed by atoms with Crippen molar-refractivity contribution in [2.24, 2.45) is 0 Å². The Balaban J connectivity index is 1.91. The molecule has 1 atom stereocenters. The number of hydrogen-bond acceptors (Lipinski definition) is 7. The molecule has 0 bridgehead atoms. The van der Waals surface area contributed by atoms with Crippen LogP contribution in [0.1, 0.15) is 6.92 Å². The van der Waals surface area contributed by atoms with Gasteiger partial charge in [-0.25, -0.2) is 0 Å². The number of ether oxygens (including phenoxy) is 1. The number of piperazine rings is 1. The maximum absolute atomic E-state index is 11.3. The fourth-order valence-electron chi connectivity index (χ4n) is 2.20. The first-order valence-electron chi connectivity index (χ1n) is 5.96. The van der Waals surface area contributed by atoms with E-state index in [4.69, 9.17) is 0 Å². The number of morpholine rings is 1. The van der Waals surface area contributed by atoms with Gasteiger partial charge < -0.3 is 4.74 Å². The van der Waals surface area contributed by atoms with Gasteiger partial charge in [0.25, 0.3) is 0 Å². The van der Waals surface area contributed by atoms with E-state index in [1.807, 2.05) is 6.92 Å². The fraction of sp³-hybridized carbons (Fsp3) is 0.636. The first-order chi connectivity index (χ1) is 8.94. The summed E-state index contributed by atoms with van der Waals surface area (Å²) in [7, 11) is 0. The Kier molecular flexibility index (Phi) is 3.91. The second-order valence-corrected chi connectivity index (χ2v) is 4.74. The van der Waals surface area contributed by atoms with Gasteiger partial charge in [-0.2, -0.15) is 0 Å². The highest BCUT2D eigenvalue weighted by Crippen LogP contribution is 2.07. The summed E-state index contributed by atoms with van der Waals surface area (Å²) >= 11 is 0. The Hall–Kier alpha value is -1.80. The topological polar surface area (TPSA) is 96.0 Å². The molecule has 0 radical (unpaired) electrons. The Bertz CT molecular complexity index is 404. The molecule has 8 heteroatoms. The summed E-state index contributed by atoms with van der Waals surface area (Å²) in [6.07, 6.45) is 0. The SMILES string of the molecule is C[C@@H](CN1CC(=O)OC(=O)C1)N1CC(=O)NC(=O)C1. The summed E-state index contributed by atoms with van der Waals surface area (Å²) in [6.45, 7) is 2.63. The number of nitrogens with zero attached hydrogens (tertiary/aromatic N) is 2. The number of nitrogens with one attached hydrogen (secondary N) is 1. The summed E-state index contributed by atoms with van der Waals surface area (Å²) in [5.41, 5.74) is 0. The molecular weight excluding hydrogens is 254 g/mol. The number of hydrogen-bond donors (Lipinski definition) is 1. The van der Waals surface area contributed by atoms with E-state index in [2.05, 4.69) is 10.1 Å². The molecule has 2 aliphatic heterocycles. The summed E-state index contributed by atoms with van der Waals surface area (Å²) in [4.78, 5) is 48.2. The molecule has 2 aliphatic rings. The van der Waals surface area contributed by atoms with Crippen LogP contribution in [0.5, 0.6) is 0 Å². The Morgan fingerprint density at radius 1 is 1.05 bits per heavy atom. The summed E-state index contributed by atoms with van der Waals surface area (Å²) < 4.78 is 4.43. The number of carbonyl (C=O) groups is 4. The zero-order valence-corrected chi connectivity index (χ0v) is 10.5. The molecule has 2 fully saturated rings. The van der Waals surface area contributed by atoms with Crippen LogP contribution in [-0.4, -0.2) is 72.3 Å². The highest BCUT2D eigenvalue weighted by atomic mass is 16.6. The van der Waals surface area contributed by atoms with Crippen molar-refractivity contribution < 1.29 is 23.9 Å². The van der Waals surface area contributed by atoms with E-state index in [0.717, 1.165) is 0 Å². The van der Waals surface area contributed by atoms with Crippen molar-refractivity contribution in [1.29, 1.82) is 0 Å². The fourth-order valence-corrected chi connectivity index (χ4v) is 2.20. The van der Waals surface area contributed by atoms with Gasteiger partial charge in [-0.1, -0.05) is 0 Å². The highest BCUT2D eigenvalue weighted by molar-refractivity contribution is 5.99. The Morgan fingerprint density at radius 2 is 1.58 bits per heavy atom. The minimum absolute atomic E-state index is 0.0457. The lowest BCUT2D eigenvalue weighted by molar-refractivity contribution is -0.167. The van der Waals surface area contributed by atoms with E-state index >= 15 is 0 Å². The quantitative estimate of drug-likeness (QED) is 0.350. The monoisotopic (exact) mass is 269 g/mol. The molecule has 2 saturated heterocycles. The van der Waals surface area contributed by atoms with E-state index in [9.17, 15) is 19.2 Å². The second-order valence-electron chi connectivity index (χ2n) is 4.74. The molecule has 0 saturated carbocycles. The standard InChI is InChI=1S/C11H15N3O5/c1-7(14-3-8(15)12-9(16)4-14)2-13-5-10(17)19-11(18)6-13/h7H,2-6H2,1H3,(H,12,15,16)/t7-/m0/s1. The molecule has 8 nitrogen and oxygen atoms in total. The smallest absolute Gasteiger partial charge is 0.327 e. The highest BCUT2D eigenvalue weighted by Gasteiger charge is 2.30. The number of esters is 2. The van der Waals surface area contributed by atoms with Gasteiger partial charge in [-0.15, -0.1) is 0 Å². The number of rotatable bonds is 3. The molecule has 0 unspecified atom stereocenters. The largest absolute Gasteiger partial charge is 0.391 e. The molecule has 104 valence electrons. The molecular formula is C11H15N3O5. The van der Waals surface area contributed by atoms with Crippen molar-refractivity contribution in [2.75, 3.05) is 32.7 Å². The summed E-state index contributed by atoms with van der Waals surface area (Å²) in [5.74, 6) is -1.82. The number of carbonyl (C=O) groups excluding carboxylic acids is 4. The number of amides is 2. The zero-order valence-electron chi connectivity index (χ0n) is 10.5. The lowest BCUT2D eigenvalue weighted by Gasteiger charge is -2.34. The zero-order chi connectivity index (χ0) is 14.0. The molecule has 0 aromatic rings. The van der Waals surface area contributed by atoms with E-state index < -0.39 is 11.9 Å². The van der Waals surface area contributed by atoms with Crippen LogP contribution in [0.3, 0.4) is 0 Å². The van der Waals surface area contributed by atoms with Crippen LogP contribution in [0.2, 0.25) is 0 Å². The molecule has 1 N–H and O–H groups in total. The van der Waals surface area contributed by atoms with Crippen LogP contribution in [0.4, 0.5) is 0 Å². The number of cyclic esters (lactones) is 2. The van der Waals surface area contributed by atoms with Gasteiger partial charge in [-0.05, 0) is 6.92 Å². The van der Waals surface area contributed by atoms with Crippen molar-refractivity contribution >= 4 is 23.8 Å². The predicted octanol–water partition coefficient (Wildman–Crippen LogP) is -2.28. The van der Waals surface area contributed by atoms with Crippen molar-refractivity contribution in [3.63, 3.8) is 0 Å². The minimum Gasteiger partial charge on any atom is -0.391 e. The van der Waals surface area contributed by atoms with E-state index in [-0.39, 0.29) is 44.0 Å². The van der Waals surface area contributed by atoms with Gasteiger partial charge >= 0.3 is 11.9 Å². The summed E-state index contributed by atoms with van der Waals surface area (Å²) in [5, 5.41) is 2.22. The molecule has 2 heterocycles. The second kappa shape index (κ2) is 5.45. The lowest BCUT2D eigenvalue weighted by Crippen LogP contribution is -2.57. The molecule has 0 aromatic carbocycles. The molecule has 2 rings (SSSR count). The van der Waals surface area contributed by atoms with Crippen LogP contribution >= 0.6 is 0 Å². The van der Waals surface area contributed by atoms with Crippen molar-refractivity contribution in [2.45, 2.75) is 13.0 Å². The molecule has 0 spiro atoms. The van der Waals surface area contributed by atoms with Crippen LogP contribution < -0.4 is 5.32 Å². The first kappa shape index (κ1) is 13.6. The van der Waals surface area contributed by atoms with Gasteiger partial charge in [0, 0.05) is 12.6 Å². The van der Waals surface area contributed by atoms with E-state index in [1.54, 1.807) is 9.80 Å². The summed E-state index contributed by atoms with van der Waals surface area (Å²) in [6, 6.07) is -0.117. The first-order valence-corrected chi connectivity index (χ1v) is 5.96. The molecule has 0 aromatic heterocycles. The third-order valence-corrected chi connectivity index (χ3v) is 3.05. The van der Waals surface area contributed by atoms with E-state index in [1.165, 1.54) is 0 Å². The van der Waals surface area contributed by atoms with Gasteiger partial charge in [0.05, 0.1) is 26.2 Å². The normalized spacial score (nSPS) is 24.1. The van der Waals surface area contributed by atoms with Crippen molar-refractivity contribution in [3.8, 4) is 0 Å². The maximum Gasteiger partial charge on any atom is 0.327 e. The Morgan fingerprint density at radius 3 is 2.11 bits per heavy atom. The average Bonchev–Trinajstić information content (AvgIpc) is 2.25. The molecule has 0 aliphatic carbocycles. The van der Waals surface area contributed by atoms with Crippen LogP contribution in [-0.2, 0) is 23.9 Å². The Labute approximate surface area is 109 Å². The van der Waals surface area contributed by atoms with Crippen molar-refractivity contribution in [3.05, 3.63) is 0 Å². The third kappa shape index (κ3) is 3.58. The van der Waals surface area contributed by atoms with Gasteiger partial charge in [0.2, 0.25) is 11.8 Å². The maximum atomic E-state index is 11.3. The third-order valence-electron chi connectivity index (χ3n) is 3.05. The van der Waals surface area contributed by atoms with Gasteiger partial charge in [0.15, 0.2) is 0 Å². The van der Waals surface area contributed by atoms with Crippen LogP contribution in [0, 0.1) is 0 Å². The van der Waals surface area contributed by atoms with E-state index in [0.29, 0.717) is 6.54 Å². The number of imide groups is 1. The van der Waals surface area contributed by atoms with Crippen LogP contribution in [0.25, 0.3) is 0 Å². The minimum atomic E-state index is -0.573. The molecule has 2 amide bonds. The lowest BCUT2D eigenvalue weighted by atomic mass is 10.2. The van der Waals surface area contributed by atoms with Gasteiger partial charge in [-0.3, -0.25) is 34.3 Å². The molecule has 19 heavy (non-hydrogen) atoms. The average molecular weight is 269 g/mol. The van der Waals surface area contributed by atoms with Crippen molar-refractivity contribution in [1.82, 2.24) is 15.1 Å². The van der Waals surface area contributed by atoms with Gasteiger partial charge in [0.1, 0.15) is 0 Å².